The molecule has 2 aromatic rings. The molecule has 7 heteroatoms. The van der Waals surface area contributed by atoms with Gasteiger partial charge in [-0.05, 0) is 48.2 Å². The quantitative estimate of drug-likeness (QED) is 0.815. The molecule has 5 nitrogen and oxygen atoms in total. The van der Waals surface area contributed by atoms with Gasteiger partial charge in [-0.2, -0.15) is 0 Å². The Hall–Kier alpha value is -2.51. The van der Waals surface area contributed by atoms with Gasteiger partial charge in [-0.25, -0.2) is 8.78 Å². The molecule has 0 radical (unpaired) electrons. The lowest BCUT2D eigenvalue weighted by Crippen LogP contribution is -2.44. The zero-order chi connectivity index (χ0) is 21.1. The van der Waals surface area contributed by atoms with Crippen LogP contribution in [0.4, 0.5) is 14.5 Å². The molecule has 0 spiro atoms. The second-order valence-electron chi connectivity index (χ2n) is 7.92. The Labute approximate surface area is 175 Å². The van der Waals surface area contributed by atoms with E-state index in [2.05, 4.69) is 40.4 Å². The Morgan fingerprint density at radius 2 is 1.90 bits per heavy atom. The summed E-state index contributed by atoms with van der Waals surface area (Å²) in [5.41, 5.74) is 3.85. The van der Waals surface area contributed by atoms with Crippen LogP contribution >= 0.6 is 0 Å². The first-order chi connectivity index (χ1) is 14.5. The molecule has 0 aliphatic carbocycles. The monoisotopic (exact) mass is 415 g/mol. The van der Waals surface area contributed by atoms with E-state index in [0.29, 0.717) is 19.8 Å². The summed E-state index contributed by atoms with van der Waals surface area (Å²) >= 11 is 0. The molecular weight excluding hydrogens is 388 g/mol. The number of hydrogen-bond donors (Lipinski definition) is 1. The number of nitrogens with one attached hydrogen (secondary N) is 1. The summed E-state index contributed by atoms with van der Waals surface area (Å²) in [6, 6.07) is 9.73. The first-order valence-electron chi connectivity index (χ1n) is 10.4. The maximum absolute atomic E-state index is 13.5. The molecule has 2 aliphatic heterocycles. The third-order valence-electron chi connectivity index (χ3n) is 5.96. The van der Waals surface area contributed by atoms with Crippen molar-refractivity contribution in [1.82, 2.24) is 10.2 Å². The standard InChI is InChI=1S/C23H27F2N3O2/c1-27-8-2-3-16-13-17(5-7-21(16)27)22(28-9-11-30-12-10-28)15-26-23(29)18-4-6-19(24)20(25)14-18/h4-7,13-14,22H,2-3,8-12,15H2,1H3,(H,26,29)/t22-/m1/s1. The van der Waals surface area contributed by atoms with Crippen LogP contribution in [0.1, 0.15) is 33.9 Å². The maximum atomic E-state index is 13.5. The molecule has 4 rings (SSSR count). The molecule has 2 aliphatic rings. The molecule has 0 bridgehead atoms. The Balaban J connectivity index is 1.54. The van der Waals surface area contributed by atoms with Crippen LogP contribution in [0.5, 0.6) is 0 Å². The van der Waals surface area contributed by atoms with E-state index < -0.39 is 17.5 Å². The molecule has 2 heterocycles. The van der Waals surface area contributed by atoms with E-state index in [0.717, 1.165) is 50.2 Å². The summed E-state index contributed by atoms with van der Waals surface area (Å²) in [6.07, 6.45) is 2.17. The van der Waals surface area contributed by atoms with Gasteiger partial charge in [0.2, 0.25) is 0 Å². The van der Waals surface area contributed by atoms with Crippen LogP contribution in [0.2, 0.25) is 0 Å². The van der Waals surface area contributed by atoms with Crippen molar-refractivity contribution >= 4 is 11.6 Å². The predicted octanol–water partition coefficient (Wildman–Crippen LogP) is 3.15. The fourth-order valence-electron chi connectivity index (χ4n) is 4.29. The van der Waals surface area contributed by atoms with E-state index in [1.807, 2.05) is 0 Å². The molecule has 0 aromatic heterocycles. The van der Waals surface area contributed by atoms with Gasteiger partial charge in [-0.15, -0.1) is 0 Å². The zero-order valence-corrected chi connectivity index (χ0v) is 17.2. The Kier molecular flexibility index (Phi) is 6.29. The van der Waals surface area contributed by atoms with E-state index in [9.17, 15) is 13.6 Å². The lowest BCUT2D eigenvalue weighted by molar-refractivity contribution is 0.0162. The number of carbonyl (C=O) groups excluding carboxylic acids is 1. The first-order valence-corrected chi connectivity index (χ1v) is 10.4. The van der Waals surface area contributed by atoms with Crippen LogP contribution in [0, 0.1) is 11.6 Å². The number of nitrogens with zero attached hydrogens (tertiary/aromatic N) is 2. The van der Waals surface area contributed by atoms with Crippen LogP contribution in [-0.4, -0.2) is 57.2 Å². The highest BCUT2D eigenvalue weighted by Crippen LogP contribution is 2.31. The van der Waals surface area contributed by atoms with Gasteiger partial charge in [0.1, 0.15) is 0 Å². The Bertz CT molecular complexity index is 915. The number of carbonyl (C=O) groups is 1. The van der Waals surface area contributed by atoms with Gasteiger partial charge in [0.15, 0.2) is 11.6 Å². The smallest absolute Gasteiger partial charge is 0.251 e. The number of halogens is 2. The molecule has 1 amide bonds. The number of morpholine rings is 1. The van der Waals surface area contributed by atoms with E-state index >= 15 is 0 Å². The Morgan fingerprint density at radius 1 is 1.10 bits per heavy atom. The number of amides is 1. The van der Waals surface area contributed by atoms with Gasteiger partial charge < -0.3 is 15.0 Å². The van der Waals surface area contributed by atoms with Gasteiger partial charge in [-0.3, -0.25) is 9.69 Å². The highest BCUT2D eigenvalue weighted by Gasteiger charge is 2.25. The average Bonchev–Trinajstić information content (AvgIpc) is 2.76. The van der Waals surface area contributed by atoms with Crippen LogP contribution in [0.3, 0.4) is 0 Å². The number of hydrogen-bond acceptors (Lipinski definition) is 4. The summed E-state index contributed by atoms with van der Waals surface area (Å²) in [5.74, 6) is -2.40. The topological polar surface area (TPSA) is 44.8 Å². The second kappa shape index (κ2) is 9.10. The number of anilines is 1. The van der Waals surface area contributed by atoms with E-state index in [4.69, 9.17) is 4.74 Å². The van der Waals surface area contributed by atoms with E-state index in [1.54, 1.807) is 0 Å². The summed E-state index contributed by atoms with van der Waals surface area (Å²) in [6.45, 7) is 4.31. The van der Waals surface area contributed by atoms with Crippen LogP contribution < -0.4 is 10.2 Å². The highest BCUT2D eigenvalue weighted by atomic mass is 19.2. The number of rotatable bonds is 5. The first kappa shape index (κ1) is 20.8. The molecule has 160 valence electrons. The molecule has 1 atom stereocenters. The largest absolute Gasteiger partial charge is 0.379 e. The minimum Gasteiger partial charge on any atom is -0.379 e. The molecule has 30 heavy (non-hydrogen) atoms. The third-order valence-corrected chi connectivity index (χ3v) is 5.96. The number of aryl methyl sites for hydroxylation is 1. The van der Waals surface area contributed by atoms with Crippen molar-refractivity contribution in [3.8, 4) is 0 Å². The summed E-state index contributed by atoms with van der Waals surface area (Å²) in [5, 5.41) is 2.91. The molecule has 0 saturated carbocycles. The minimum atomic E-state index is -1.02. The van der Waals surface area contributed by atoms with Crippen LogP contribution in [-0.2, 0) is 11.2 Å². The van der Waals surface area contributed by atoms with Gasteiger partial charge in [0.05, 0.1) is 19.3 Å². The Morgan fingerprint density at radius 3 is 2.67 bits per heavy atom. The van der Waals surface area contributed by atoms with Gasteiger partial charge in [0, 0.05) is 44.5 Å². The van der Waals surface area contributed by atoms with Gasteiger partial charge >= 0.3 is 0 Å². The van der Waals surface area contributed by atoms with Crippen molar-refractivity contribution in [1.29, 1.82) is 0 Å². The molecule has 1 saturated heterocycles. The minimum absolute atomic E-state index is 0.0133. The number of ether oxygens (including phenoxy) is 1. The fourth-order valence-corrected chi connectivity index (χ4v) is 4.29. The van der Waals surface area contributed by atoms with Crippen LogP contribution in [0.25, 0.3) is 0 Å². The van der Waals surface area contributed by atoms with Crippen molar-refractivity contribution in [2.24, 2.45) is 0 Å². The zero-order valence-electron chi connectivity index (χ0n) is 17.2. The highest BCUT2D eigenvalue weighted by molar-refractivity contribution is 5.94. The van der Waals surface area contributed by atoms with Crippen molar-refractivity contribution in [2.45, 2.75) is 18.9 Å². The summed E-state index contributed by atoms with van der Waals surface area (Å²) < 4.78 is 32.2. The van der Waals surface area contributed by atoms with Crippen molar-refractivity contribution in [3.63, 3.8) is 0 Å². The SMILES string of the molecule is CN1CCCc2cc([C@@H](CNC(=O)c3ccc(F)c(F)c3)N3CCOCC3)ccc21. The average molecular weight is 415 g/mol. The van der Waals surface area contributed by atoms with Crippen molar-refractivity contribution in [2.75, 3.05) is 51.3 Å². The van der Waals surface area contributed by atoms with Gasteiger partial charge in [-0.1, -0.05) is 12.1 Å². The molecule has 2 aromatic carbocycles. The van der Waals surface area contributed by atoms with Crippen molar-refractivity contribution < 1.29 is 18.3 Å². The molecule has 0 unspecified atom stereocenters. The third kappa shape index (κ3) is 4.47. The molecular formula is C23H27F2N3O2. The summed E-state index contributed by atoms with van der Waals surface area (Å²) in [4.78, 5) is 17.1. The number of benzene rings is 2. The second-order valence-corrected chi connectivity index (χ2v) is 7.92. The lowest BCUT2D eigenvalue weighted by Gasteiger charge is -2.36. The predicted molar refractivity (Wildman–Crippen MR) is 112 cm³/mol. The number of fused-ring (bicyclic) bond motifs is 1. The van der Waals surface area contributed by atoms with E-state index in [-0.39, 0.29) is 11.6 Å². The van der Waals surface area contributed by atoms with Crippen molar-refractivity contribution in [3.05, 3.63) is 64.7 Å². The van der Waals surface area contributed by atoms with Crippen LogP contribution in [0.15, 0.2) is 36.4 Å². The lowest BCUT2D eigenvalue weighted by atomic mass is 9.95. The normalized spacial score (nSPS) is 18.0. The molecule has 1 fully saturated rings. The molecule has 1 N–H and O–H groups in total. The fraction of sp³-hybridized carbons (Fsp3) is 0.435. The maximum Gasteiger partial charge on any atom is 0.251 e. The van der Waals surface area contributed by atoms with E-state index in [1.165, 1.54) is 17.3 Å². The summed E-state index contributed by atoms with van der Waals surface area (Å²) in [7, 11) is 2.11. The van der Waals surface area contributed by atoms with Gasteiger partial charge in [0.25, 0.3) is 5.91 Å².